The number of rotatable bonds is 7. The zero-order chi connectivity index (χ0) is 24.9. The molecule has 178 valence electrons. The highest BCUT2D eigenvalue weighted by Gasteiger charge is 2.36. The van der Waals surface area contributed by atoms with Gasteiger partial charge in [0.25, 0.3) is 11.1 Å². The molecule has 1 aliphatic rings. The number of anilines is 1. The van der Waals surface area contributed by atoms with Crippen LogP contribution in [0.2, 0.25) is 0 Å². The van der Waals surface area contributed by atoms with Gasteiger partial charge in [-0.25, -0.2) is 4.39 Å². The Labute approximate surface area is 221 Å². The number of nitrogens with zero attached hydrogens (tertiary/aromatic N) is 1. The number of carbonyl (C=O) groups is 3. The average molecular weight is 620 g/mol. The van der Waals surface area contributed by atoms with Crippen LogP contribution >= 0.6 is 43.6 Å². The Kier molecular flexibility index (Phi) is 8.04. The zero-order valence-corrected chi connectivity index (χ0v) is 22.0. The molecule has 0 spiro atoms. The van der Waals surface area contributed by atoms with E-state index in [1.54, 1.807) is 54.6 Å². The van der Waals surface area contributed by atoms with Crippen molar-refractivity contribution in [2.45, 2.75) is 6.61 Å². The molecule has 1 fully saturated rings. The molecule has 3 aromatic rings. The van der Waals surface area contributed by atoms with E-state index in [4.69, 9.17) is 4.74 Å². The van der Waals surface area contributed by atoms with Crippen LogP contribution in [0.5, 0.6) is 5.75 Å². The molecule has 1 aliphatic heterocycles. The van der Waals surface area contributed by atoms with Gasteiger partial charge in [-0.1, -0.05) is 30.3 Å². The highest BCUT2D eigenvalue weighted by atomic mass is 79.9. The monoisotopic (exact) mass is 618 g/mol. The van der Waals surface area contributed by atoms with Crippen LogP contribution in [0.1, 0.15) is 11.1 Å². The molecule has 3 amide bonds. The van der Waals surface area contributed by atoms with Crippen molar-refractivity contribution in [2.24, 2.45) is 0 Å². The van der Waals surface area contributed by atoms with Gasteiger partial charge in [0.05, 0.1) is 15.1 Å². The molecule has 0 atom stereocenters. The second-order valence-electron chi connectivity index (χ2n) is 7.40. The van der Waals surface area contributed by atoms with Gasteiger partial charge in [0, 0.05) is 4.47 Å². The van der Waals surface area contributed by atoms with Crippen LogP contribution < -0.4 is 10.1 Å². The first-order chi connectivity index (χ1) is 16.8. The van der Waals surface area contributed by atoms with E-state index in [1.165, 1.54) is 12.1 Å². The summed E-state index contributed by atoms with van der Waals surface area (Å²) in [5, 5.41) is 2.17. The number of halogens is 3. The molecule has 0 aliphatic carbocycles. The van der Waals surface area contributed by atoms with Crippen LogP contribution in [0, 0.1) is 5.82 Å². The number of hydrogen-bond acceptors (Lipinski definition) is 5. The van der Waals surface area contributed by atoms with E-state index in [1.807, 2.05) is 6.07 Å². The molecule has 10 heteroatoms. The number of thioether (sulfide) groups is 1. The van der Waals surface area contributed by atoms with Gasteiger partial charge in [0.2, 0.25) is 5.91 Å². The second kappa shape index (κ2) is 11.2. The van der Waals surface area contributed by atoms with Crippen LogP contribution in [-0.2, 0) is 16.2 Å². The predicted molar refractivity (Wildman–Crippen MR) is 140 cm³/mol. The number of benzene rings is 3. The van der Waals surface area contributed by atoms with Crippen LogP contribution in [0.4, 0.5) is 14.9 Å². The summed E-state index contributed by atoms with van der Waals surface area (Å²) in [6, 6.07) is 18.3. The lowest BCUT2D eigenvalue weighted by Gasteiger charge is -2.13. The van der Waals surface area contributed by atoms with Crippen molar-refractivity contribution in [3.8, 4) is 5.75 Å². The smallest absolute Gasteiger partial charge is 0.294 e. The summed E-state index contributed by atoms with van der Waals surface area (Å²) in [5.74, 6) is -0.752. The maximum absolute atomic E-state index is 13.0. The Morgan fingerprint density at radius 1 is 1.03 bits per heavy atom. The first-order valence-corrected chi connectivity index (χ1v) is 12.7. The fourth-order valence-corrected chi connectivity index (χ4v) is 4.88. The Morgan fingerprint density at radius 3 is 2.49 bits per heavy atom. The van der Waals surface area contributed by atoms with Crippen LogP contribution in [-0.4, -0.2) is 28.5 Å². The number of amides is 3. The lowest BCUT2D eigenvalue weighted by molar-refractivity contribution is -0.127. The lowest BCUT2D eigenvalue weighted by atomic mass is 10.2. The van der Waals surface area contributed by atoms with Crippen molar-refractivity contribution < 1.29 is 23.5 Å². The van der Waals surface area contributed by atoms with E-state index in [0.717, 1.165) is 22.2 Å². The van der Waals surface area contributed by atoms with E-state index in [-0.39, 0.29) is 23.9 Å². The van der Waals surface area contributed by atoms with E-state index >= 15 is 0 Å². The van der Waals surface area contributed by atoms with E-state index in [0.29, 0.717) is 25.9 Å². The summed E-state index contributed by atoms with van der Waals surface area (Å²) >= 11 is 7.57. The molecule has 4 rings (SSSR count). The minimum absolute atomic E-state index is 0.218. The van der Waals surface area contributed by atoms with Gasteiger partial charge >= 0.3 is 0 Å². The molecule has 3 aromatic carbocycles. The molecular weight excluding hydrogens is 603 g/mol. The number of ether oxygens (including phenoxy) is 1. The molecule has 6 nitrogen and oxygen atoms in total. The van der Waals surface area contributed by atoms with Crippen molar-refractivity contribution in [3.05, 3.63) is 97.5 Å². The van der Waals surface area contributed by atoms with E-state index in [2.05, 4.69) is 37.2 Å². The normalized spacial score (nSPS) is 14.5. The van der Waals surface area contributed by atoms with Crippen LogP contribution in [0.15, 0.2) is 80.6 Å². The van der Waals surface area contributed by atoms with Crippen LogP contribution in [0.25, 0.3) is 6.08 Å². The number of carbonyl (C=O) groups excluding carboxylic acids is 3. The fourth-order valence-electron chi connectivity index (χ4n) is 3.15. The minimum Gasteiger partial charge on any atom is -0.488 e. The lowest BCUT2D eigenvalue weighted by Crippen LogP contribution is -2.36. The first-order valence-electron chi connectivity index (χ1n) is 10.3. The molecule has 0 aromatic heterocycles. The summed E-state index contributed by atoms with van der Waals surface area (Å²) < 4.78 is 20.2. The highest BCUT2D eigenvalue weighted by Crippen LogP contribution is 2.34. The Balaban J connectivity index is 1.40. The first kappa shape index (κ1) is 25.2. The van der Waals surface area contributed by atoms with Crippen molar-refractivity contribution >= 4 is 72.4 Å². The third kappa shape index (κ3) is 6.39. The summed E-state index contributed by atoms with van der Waals surface area (Å²) in [6.07, 6.45) is 1.59. The van der Waals surface area contributed by atoms with Gasteiger partial charge < -0.3 is 10.1 Å². The number of hydrogen-bond donors (Lipinski definition) is 1. The molecule has 1 heterocycles. The zero-order valence-electron chi connectivity index (χ0n) is 18.0. The molecule has 1 N–H and O–H groups in total. The molecule has 0 radical (unpaired) electrons. The van der Waals surface area contributed by atoms with Gasteiger partial charge in [-0.05, 0) is 97.2 Å². The summed E-state index contributed by atoms with van der Waals surface area (Å²) in [5.41, 5.74) is 2.04. The predicted octanol–water partition coefficient (Wildman–Crippen LogP) is 6.60. The van der Waals surface area contributed by atoms with Gasteiger partial charge in [0.1, 0.15) is 24.7 Å². The summed E-state index contributed by atoms with van der Waals surface area (Å²) in [7, 11) is 0. The van der Waals surface area contributed by atoms with Gasteiger partial charge in [0.15, 0.2) is 0 Å². The van der Waals surface area contributed by atoms with E-state index in [9.17, 15) is 18.8 Å². The van der Waals surface area contributed by atoms with Crippen molar-refractivity contribution in [1.29, 1.82) is 0 Å². The SMILES string of the molecule is O=C(CN1C(=O)S/C(=C\c2ccc(OCc3ccc(F)cc3)c(Br)c2)C1=O)Nc1ccccc1Br. The Bertz CT molecular complexity index is 1330. The molecule has 35 heavy (non-hydrogen) atoms. The maximum atomic E-state index is 13.0. The van der Waals surface area contributed by atoms with Crippen LogP contribution in [0.3, 0.4) is 0 Å². The summed E-state index contributed by atoms with van der Waals surface area (Å²) in [6.45, 7) is -0.123. The van der Waals surface area contributed by atoms with Gasteiger partial charge in [-0.15, -0.1) is 0 Å². The standard InChI is InChI=1S/C25H17Br2FN2O4S/c26-18-3-1-2-4-20(18)29-23(31)13-30-24(32)22(35-25(30)33)12-16-7-10-21(19(27)11-16)34-14-15-5-8-17(28)9-6-15/h1-12H,13-14H2,(H,29,31)/b22-12-. The van der Waals surface area contributed by atoms with Crippen molar-refractivity contribution in [2.75, 3.05) is 11.9 Å². The maximum Gasteiger partial charge on any atom is 0.294 e. The molecule has 0 saturated carbocycles. The number of para-hydroxylation sites is 1. The van der Waals surface area contributed by atoms with Crippen molar-refractivity contribution in [3.63, 3.8) is 0 Å². The molecule has 0 unspecified atom stereocenters. The van der Waals surface area contributed by atoms with Gasteiger partial charge in [-0.2, -0.15) is 0 Å². The minimum atomic E-state index is -0.532. The molecule has 1 saturated heterocycles. The number of nitrogens with one attached hydrogen (secondary N) is 1. The second-order valence-corrected chi connectivity index (χ2v) is 10.1. The Morgan fingerprint density at radius 2 is 1.77 bits per heavy atom. The largest absolute Gasteiger partial charge is 0.488 e. The average Bonchev–Trinajstić information content (AvgIpc) is 3.08. The van der Waals surface area contributed by atoms with Crippen molar-refractivity contribution in [1.82, 2.24) is 4.90 Å². The molecule has 0 bridgehead atoms. The Hall–Kier alpha value is -2.95. The third-order valence-electron chi connectivity index (χ3n) is 4.88. The summed E-state index contributed by atoms with van der Waals surface area (Å²) in [4.78, 5) is 38.7. The third-order valence-corrected chi connectivity index (χ3v) is 7.10. The topological polar surface area (TPSA) is 75.7 Å². The van der Waals surface area contributed by atoms with Gasteiger partial charge in [-0.3, -0.25) is 19.3 Å². The quantitative estimate of drug-likeness (QED) is 0.301. The number of imide groups is 1. The highest BCUT2D eigenvalue weighted by molar-refractivity contribution is 9.11. The molecular formula is C25H17Br2FN2O4S. The fraction of sp³-hybridized carbons (Fsp3) is 0.0800. The van der Waals surface area contributed by atoms with E-state index < -0.39 is 17.1 Å².